The van der Waals surface area contributed by atoms with E-state index in [0.29, 0.717) is 0 Å². The highest BCUT2D eigenvalue weighted by molar-refractivity contribution is 9.10. The topological polar surface area (TPSA) is 17.1 Å². The molecule has 3 heteroatoms. The molecular weight excluding hydrogens is 284 g/mol. The predicted molar refractivity (Wildman–Crippen MR) is 56.8 cm³/mol. The molecule has 0 radical (unpaired) electrons. The van der Waals surface area contributed by atoms with Crippen molar-refractivity contribution in [2.75, 3.05) is 0 Å². The molecule has 0 aromatic heterocycles. The molecule has 0 aliphatic rings. The van der Waals surface area contributed by atoms with E-state index in [0.717, 1.165) is 20.9 Å². The van der Waals surface area contributed by atoms with Gasteiger partial charge in [0.25, 0.3) is 0 Å². The zero-order chi connectivity index (χ0) is 9.14. The fraction of sp³-hybridized carbons (Fsp3) is 0.222. The average Bonchev–Trinajstić information content (AvgIpc) is 2.04. The minimum absolute atomic E-state index is 0.103. The van der Waals surface area contributed by atoms with Gasteiger partial charge >= 0.3 is 0 Å². The van der Waals surface area contributed by atoms with E-state index >= 15 is 0 Å². The molecule has 0 fully saturated rings. The standard InChI is InChI=1S/C9H8Br2O/c1-6(12)9-4-8(11)3-2-7(9)5-10/h2-4H,5H2,1H3. The van der Waals surface area contributed by atoms with E-state index < -0.39 is 0 Å². The van der Waals surface area contributed by atoms with Crippen molar-refractivity contribution in [3.05, 3.63) is 33.8 Å². The van der Waals surface area contributed by atoms with Crippen LogP contribution in [0.25, 0.3) is 0 Å². The van der Waals surface area contributed by atoms with Crippen LogP contribution in [0.15, 0.2) is 22.7 Å². The molecule has 1 nitrogen and oxygen atoms in total. The van der Waals surface area contributed by atoms with Crippen molar-refractivity contribution in [3.8, 4) is 0 Å². The second kappa shape index (κ2) is 4.19. The Morgan fingerprint density at radius 3 is 2.67 bits per heavy atom. The van der Waals surface area contributed by atoms with Gasteiger partial charge in [0.2, 0.25) is 0 Å². The van der Waals surface area contributed by atoms with Crippen molar-refractivity contribution in [3.63, 3.8) is 0 Å². The maximum absolute atomic E-state index is 11.1. The number of benzene rings is 1. The minimum Gasteiger partial charge on any atom is -0.294 e. The Bertz CT molecular complexity index is 307. The molecule has 12 heavy (non-hydrogen) atoms. The van der Waals surface area contributed by atoms with Gasteiger partial charge in [0, 0.05) is 15.4 Å². The molecule has 0 aliphatic heterocycles. The van der Waals surface area contributed by atoms with Crippen LogP contribution in [-0.2, 0) is 5.33 Å². The monoisotopic (exact) mass is 290 g/mol. The first kappa shape index (κ1) is 9.93. The molecule has 64 valence electrons. The van der Waals surface area contributed by atoms with Gasteiger partial charge in [-0.25, -0.2) is 0 Å². The summed E-state index contributed by atoms with van der Waals surface area (Å²) in [7, 11) is 0. The largest absolute Gasteiger partial charge is 0.294 e. The van der Waals surface area contributed by atoms with Crippen molar-refractivity contribution in [1.29, 1.82) is 0 Å². The van der Waals surface area contributed by atoms with E-state index in [-0.39, 0.29) is 5.78 Å². The van der Waals surface area contributed by atoms with Crippen LogP contribution in [0.3, 0.4) is 0 Å². The quantitative estimate of drug-likeness (QED) is 0.602. The number of rotatable bonds is 2. The van der Waals surface area contributed by atoms with Gasteiger partial charge in [-0.3, -0.25) is 4.79 Å². The second-order valence-electron chi connectivity index (χ2n) is 2.49. The van der Waals surface area contributed by atoms with Gasteiger partial charge in [0.1, 0.15) is 0 Å². The third-order valence-electron chi connectivity index (χ3n) is 1.60. The smallest absolute Gasteiger partial charge is 0.160 e. The van der Waals surface area contributed by atoms with E-state index in [4.69, 9.17) is 0 Å². The van der Waals surface area contributed by atoms with Crippen LogP contribution in [0.5, 0.6) is 0 Å². The molecule has 1 aromatic rings. The summed E-state index contributed by atoms with van der Waals surface area (Å²) in [5, 5.41) is 0.717. The highest BCUT2D eigenvalue weighted by Gasteiger charge is 2.05. The Hall–Kier alpha value is -0.150. The van der Waals surface area contributed by atoms with Crippen LogP contribution in [0.2, 0.25) is 0 Å². The van der Waals surface area contributed by atoms with Gasteiger partial charge < -0.3 is 0 Å². The molecular formula is C9H8Br2O. The summed E-state index contributed by atoms with van der Waals surface area (Å²) in [5.74, 6) is 0.103. The Labute approximate surface area is 88.4 Å². The van der Waals surface area contributed by atoms with Crippen LogP contribution >= 0.6 is 31.9 Å². The van der Waals surface area contributed by atoms with Crippen LogP contribution < -0.4 is 0 Å². The number of halogens is 2. The Morgan fingerprint density at radius 2 is 2.17 bits per heavy atom. The number of alkyl halides is 1. The Morgan fingerprint density at radius 1 is 1.50 bits per heavy atom. The molecule has 1 aromatic carbocycles. The second-order valence-corrected chi connectivity index (χ2v) is 3.97. The summed E-state index contributed by atoms with van der Waals surface area (Å²) in [6, 6.07) is 5.72. The lowest BCUT2D eigenvalue weighted by atomic mass is 10.1. The molecule has 0 unspecified atom stereocenters. The Balaban J connectivity index is 3.21. The van der Waals surface area contributed by atoms with E-state index in [2.05, 4.69) is 31.9 Å². The lowest BCUT2D eigenvalue weighted by Gasteiger charge is -2.03. The van der Waals surface area contributed by atoms with Gasteiger partial charge in [0.15, 0.2) is 5.78 Å². The highest BCUT2D eigenvalue weighted by Crippen LogP contribution is 2.19. The Kier molecular flexibility index (Phi) is 3.47. The maximum Gasteiger partial charge on any atom is 0.160 e. The summed E-state index contributed by atoms with van der Waals surface area (Å²) in [6.45, 7) is 1.58. The van der Waals surface area contributed by atoms with Crippen molar-refractivity contribution >= 4 is 37.6 Å². The number of hydrogen-bond donors (Lipinski definition) is 0. The van der Waals surface area contributed by atoms with Gasteiger partial charge in [-0.1, -0.05) is 37.9 Å². The SMILES string of the molecule is CC(=O)c1cc(Br)ccc1CBr. The summed E-state index contributed by atoms with van der Waals surface area (Å²) in [4.78, 5) is 11.1. The average molecular weight is 292 g/mol. The van der Waals surface area contributed by atoms with Crippen LogP contribution in [0.1, 0.15) is 22.8 Å². The summed E-state index contributed by atoms with van der Waals surface area (Å²) < 4.78 is 0.942. The zero-order valence-corrected chi connectivity index (χ0v) is 9.78. The third kappa shape index (κ3) is 2.17. The third-order valence-corrected chi connectivity index (χ3v) is 2.69. The molecule has 0 atom stereocenters. The molecule has 0 saturated carbocycles. The lowest BCUT2D eigenvalue weighted by Crippen LogP contribution is -1.97. The van der Waals surface area contributed by atoms with Gasteiger partial charge in [-0.05, 0) is 24.6 Å². The van der Waals surface area contributed by atoms with Crippen molar-refractivity contribution < 1.29 is 4.79 Å². The number of Topliss-reactive ketones (excluding diaryl/α,β-unsaturated/α-hetero) is 1. The minimum atomic E-state index is 0.103. The van der Waals surface area contributed by atoms with E-state index in [1.54, 1.807) is 6.92 Å². The maximum atomic E-state index is 11.1. The van der Waals surface area contributed by atoms with Crippen molar-refractivity contribution in [1.82, 2.24) is 0 Å². The van der Waals surface area contributed by atoms with Gasteiger partial charge in [-0.15, -0.1) is 0 Å². The number of ketones is 1. The molecule has 1 rings (SSSR count). The van der Waals surface area contributed by atoms with Crippen molar-refractivity contribution in [2.45, 2.75) is 12.3 Å². The fourth-order valence-electron chi connectivity index (χ4n) is 0.993. The number of carbonyl (C=O) groups excluding carboxylic acids is 1. The van der Waals surface area contributed by atoms with Gasteiger partial charge in [-0.2, -0.15) is 0 Å². The molecule has 0 aliphatic carbocycles. The molecule has 0 amide bonds. The van der Waals surface area contributed by atoms with Crippen LogP contribution in [0, 0.1) is 0 Å². The lowest BCUT2D eigenvalue weighted by molar-refractivity contribution is 0.101. The van der Waals surface area contributed by atoms with E-state index in [1.165, 1.54) is 0 Å². The highest BCUT2D eigenvalue weighted by atomic mass is 79.9. The molecule has 0 bridgehead atoms. The zero-order valence-electron chi connectivity index (χ0n) is 6.60. The van der Waals surface area contributed by atoms with Crippen LogP contribution in [-0.4, -0.2) is 5.78 Å². The summed E-state index contributed by atoms with van der Waals surface area (Å²) in [5.41, 5.74) is 1.81. The van der Waals surface area contributed by atoms with Crippen LogP contribution in [0.4, 0.5) is 0 Å². The van der Waals surface area contributed by atoms with Crippen molar-refractivity contribution in [2.24, 2.45) is 0 Å². The fourth-order valence-corrected chi connectivity index (χ4v) is 1.84. The predicted octanol–water partition coefficient (Wildman–Crippen LogP) is 3.55. The summed E-state index contributed by atoms with van der Waals surface area (Å²) >= 11 is 6.66. The molecule has 0 heterocycles. The van der Waals surface area contributed by atoms with E-state index in [9.17, 15) is 4.79 Å². The molecule has 0 N–H and O–H groups in total. The number of hydrogen-bond acceptors (Lipinski definition) is 1. The first-order valence-electron chi connectivity index (χ1n) is 3.50. The van der Waals surface area contributed by atoms with Gasteiger partial charge in [0.05, 0.1) is 0 Å². The summed E-state index contributed by atoms with van der Waals surface area (Å²) in [6.07, 6.45) is 0. The first-order chi connectivity index (χ1) is 5.65. The normalized spacial score (nSPS) is 9.92. The number of carbonyl (C=O) groups is 1. The first-order valence-corrected chi connectivity index (χ1v) is 5.42. The molecule has 0 saturated heterocycles. The molecule has 0 spiro atoms. The van der Waals surface area contributed by atoms with E-state index in [1.807, 2.05) is 18.2 Å².